The summed E-state index contributed by atoms with van der Waals surface area (Å²) in [5.41, 5.74) is -2.75. The van der Waals surface area contributed by atoms with E-state index in [4.69, 9.17) is 9.68 Å². The van der Waals surface area contributed by atoms with Gasteiger partial charge in [-0.15, -0.1) is 0 Å². The molecule has 110 valence electrons. The standard InChI is InChI=1S/C14H21N3O2S/c1-15-20(18,19)10-11-4-5-14-13(8-11)12(9-16-14)6-7-17(2)3/h4-5,8-9,15-16H,6-7,10H2,1-3H3/i7D2,9D,10D2/hD2. The normalized spacial score (nSPS) is 19.1. The van der Waals surface area contributed by atoms with Crippen LogP contribution in [0, 0.1) is 0 Å². The van der Waals surface area contributed by atoms with E-state index in [1.807, 2.05) is 0 Å². The molecule has 0 saturated heterocycles. The summed E-state index contributed by atoms with van der Waals surface area (Å²) in [6, 6.07) is 3.72. The van der Waals surface area contributed by atoms with Crippen molar-refractivity contribution in [3.8, 4) is 0 Å². The van der Waals surface area contributed by atoms with E-state index in [9.17, 15) is 8.42 Å². The van der Waals surface area contributed by atoms with Gasteiger partial charge < -0.3 is 9.88 Å². The van der Waals surface area contributed by atoms with Gasteiger partial charge in [0.15, 0.2) is 1.41 Å². The van der Waals surface area contributed by atoms with Gasteiger partial charge in [0, 0.05) is 29.1 Å². The SMILES string of the molecule is [2H]c1c(CC([2H])([2H])N(C)C)c2cc(C([2H])([2H])S(=O)(=O)N([2H])C)ccc2n1[2H]. The molecule has 1 heterocycles. The molecule has 0 aliphatic carbocycles. The third-order valence-electron chi connectivity index (χ3n) is 2.69. The molecular weight excluding hydrogens is 274 g/mol. The van der Waals surface area contributed by atoms with Crippen LogP contribution in [-0.4, -0.2) is 45.9 Å². The van der Waals surface area contributed by atoms with Gasteiger partial charge in [-0.2, -0.15) is 0 Å². The largest absolute Gasteiger partial charge is 0.361 e. The predicted molar refractivity (Wildman–Crippen MR) is 82.2 cm³/mol. The highest BCUT2D eigenvalue weighted by Crippen LogP contribution is 2.21. The van der Waals surface area contributed by atoms with Crippen molar-refractivity contribution in [3.05, 3.63) is 35.5 Å². The Labute approximate surface area is 130 Å². The quantitative estimate of drug-likeness (QED) is 0.846. The minimum absolute atomic E-state index is 0.0500. The third-order valence-corrected chi connectivity index (χ3v) is 3.67. The molecule has 0 fully saturated rings. The lowest BCUT2D eigenvalue weighted by atomic mass is 10.1. The lowest BCUT2D eigenvalue weighted by Crippen LogP contribution is -2.20. The summed E-state index contributed by atoms with van der Waals surface area (Å²) >= 11 is 0. The van der Waals surface area contributed by atoms with Crippen molar-refractivity contribution in [2.75, 3.05) is 27.6 Å². The molecule has 2 rings (SSSR count). The maximum Gasteiger partial charge on any atom is 0.215 e. The molecule has 6 heteroatoms. The highest BCUT2D eigenvalue weighted by atomic mass is 32.2. The number of sulfonamides is 1. The van der Waals surface area contributed by atoms with Crippen LogP contribution >= 0.6 is 0 Å². The van der Waals surface area contributed by atoms with Crippen molar-refractivity contribution in [1.82, 2.24) is 14.6 Å². The van der Waals surface area contributed by atoms with Crippen LogP contribution in [0.5, 0.6) is 0 Å². The van der Waals surface area contributed by atoms with Gasteiger partial charge in [0.1, 0.15) is 1.41 Å². The third kappa shape index (κ3) is 3.59. The number of hydrogen-bond acceptors (Lipinski definition) is 3. The van der Waals surface area contributed by atoms with Crippen molar-refractivity contribution in [3.63, 3.8) is 0 Å². The van der Waals surface area contributed by atoms with Gasteiger partial charge in [0.25, 0.3) is 0 Å². The first-order valence-electron chi connectivity index (χ1n) is 9.32. The van der Waals surface area contributed by atoms with E-state index < -0.39 is 22.2 Å². The van der Waals surface area contributed by atoms with E-state index in [1.165, 1.54) is 37.2 Å². The Hall–Kier alpha value is -1.37. The van der Waals surface area contributed by atoms with Gasteiger partial charge in [-0.1, -0.05) is 6.07 Å². The van der Waals surface area contributed by atoms with E-state index in [0.29, 0.717) is 0 Å². The minimum atomic E-state index is -4.61. The molecule has 2 N–H and O–H groups in total. The van der Waals surface area contributed by atoms with Crippen molar-refractivity contribution in [1.29, 1.82) is 0 Å². The number of nitrogens with zero attached hydrogens (tertiary/aromatic N) is 1. The van der Waals surface area contributed by atoms with Crippen LogP contribution in [0.3, 0.4) is 0 Å². The highest BCUT2D eigenvalue weighted by molar-refractivity contribution is 7.88. The van der Waals surface area contributed by atoms with Crippen molar-refractivity contribution < 1.29 is 18.1 Å². The van der Waals surface area contributed by atoms with Crippen LogP contribution in [-0.2, 0) is 22.1 Å². The summed E-state index contributed by atoms with van der Waals surface area (Å²) < 4.78 is 79.9. The molecule has 1 aromatic heterocycles. The Bertz CT molecular complexity index is 971. The molecule has 0 aliphatic rings. The molecule has 0 radical (unpaired) electrons. The molecular formula is C14H21N3O2S. The molecule has 0 spiro atoms. The fraction of sp³-hybridized carbons (Fsp3) is 0.429. The Morgan fingerprint density at radius 1 is 1.55 bits per heavy atom. The van der Waals surface area contributed by atoms with Crippen molar-refractivity contribution in [2.24, 2.45) is 0 Å². The maximum atomic E-state index is 12.2. The van der Waals surface area contributed by atoms with Crippen molar-refractivity contribution >= 4 is 20.9 Å². The second kappa shape index (κ2) is 5.95. The number of hydrogen-bond donors (Lipinski definition) is 2. The first-order valence-corrected chi connectivity index (χ1v) is 7.37. The number of nitrogens with one attached hydrogen (secondary N) is 2. The molecule has 0 amide bonds. The summed E-state index contributed by atoms with van der Waals surface area (Å²) in [6.07, 6.45) is -0.493. The average molecular weight is 302 g/mol. The summed E-state index contributed by atoms with van der Waals surface area (Å²) in [7, 11) is -0.641. The fourth-order valence-electron chi connectivity index (χ4n) is 1.69. The lowest BCUT2D eigenvalue weighted by Gasteiger charge is -2.08. The highest BCUT2D eigenvalue weighted by Gasteiger charge is 2.11. The first-order chi connectivity index (χ1) is 12.1. The van der Waals surface area contributed by atoms with E-state index in [-0.39, 0.29) is 39.3 Å². The zero-order valence-electron chi connectivity index (χ0n) is 18.5. The van der Waals surface area contributed by atoms with E-state index in [1.54, 1.807) is 0 Å². The van der Waals surface area contributed by atoms with E-state index in [2.05, 4.69) is 0 Å². The molecule has 5 nitrogen and oxygen atoms in total. The monoisotopic (exact) mass is 302 g/mol. The number of benzene rings is 1. The van der Waals surface area contributed by atoms with Crippen molar-refractivity contribution in [2.45, 2.75) is 12.1 Å². The van der Waals surface area contributed by atoms with Crippen LogP contribution in [0.4, 0.5) is 0 Å². The van der Waals surface area contributed by atoms with Crippen LogP contribution in [0.2, 0.25) is 2.82 Å². The van der Waals surface area contributed by atoms with Crippen LogP contribution in [0.1, 0.15) is 18.0 Å². The Balaban J connectivity index is 2.71. The number of likely N-dealkylation sites (N-methyl/N-ethyl adjacent to an activating group) is 1. The van der Waals surface area contributed by atoms with Gasteiger partial charge in [-0.3, -0.25) is 0 Å². The molecule has 0 atom stereocenters. The van der Waals surface area contributed by atoms with Crippen LogP contribution in [0.15, 0.2) is 24.4 Å². The average Bonchev–Trinajstić information content (AvgIpc) is 2.78. The zero-order valence-corrected chi connectivity index (χ0v) is 12.3. The summed E-state index contributed by atoms with van der Waals surface area (Å²) in [5.74, 6) is 0. The first kappa shape index (κ1) is 8.17. The number of rotatable bonds is 6. The number of aromatic amines is 1. The lowest BCUT2D eigenvalue weighted by molar-refractivity contribution is 0.414. The zero-order chi connectivity index (χ0) is 20.9. The van der Waals surface area contributed by atoms with Gasteiger partial charge >= 0.3 is 0 Å². The number of fused-ring (bicyclic) bond motifs is 1. The predicted octanol–water partition coefficient (Wildman–Crippen LogP) is 1.32. The van der Waals surface area contributed by atoms with Crippen LogP contribution in [0.25, 0.3) is 10.9 Å². The Morgan fingerprint density at radius 3 is 2.95 bits per heavy atom. The number of aromatic nitrogens is 1. The molecule has 20 heavy (non-hydrogen) atoms. The smallest absolute Gasteiger partial charge is 0.215 e. The summed E-state index contributed by atoms with van der Waals surface area (Å²) in [5, 5.41) is 0.227. The molecule has 0 bridgehead atoms. The molecule has 0 unspecified atom stereocenters. The van der Waals surface area contributed by atoms with E-state index >= 15 is 0 Å². The van der Waals surface area contributed by atoms with Gasteiger partial charge in [-0.25, -0.2) is 13.1 Å². The molecule has 1 aromatic carbocycles. The second-order valence-corrected chi connectivity index (χ2v) is 5.94. The van der Waals surface area contributed by atoms with Crippen LogP contribution < -0.4 is 4.72 Å². The second-order valence-electron chi connectivity index (χ2n) is 4.42. The van der Waals surface area contributed by atoms with Gasteiger partial charge in [0.05, 0.1) is 7.08 Å². The van der Waals surface area contributed by atoms with E-state index in [0.717, 1.165) is 12.0 Å². The Morgan fingerprint density at radius 2 is 2.30 bits per heavy atom. The summed E-state index contributed by atoms with van der Waals surface area (Å²) in [4.78, 5) is 2.11. The number of aryl methyl sites for hydroxylation is 1. The molecule has 2 aromatic rings. The topological polar surface area (TPSA) is 65.2 Å². The van der Waals surface area contributed by atoms with Gasteiger partial charge in [-0.05, 0) is 50.8 Å². The Kier molecular flexibility index (Phi) is 2.43. The minimum Gasteiger partial charge on any atom is -0.361 e. The molecule has 0 aliphatic heterocycles. The maximum absolute atomic E-state index is 12.2. The van der Waals surface area contributed by atoms with Gasteiger partial charge in [0.2, 0.25) is 10.0 Å². The molecule has 0 saturated carbocycles. The fourth-order valence-corrected chi connectivity index (χ4v) is 2.21. The number of H-pyrrole nitrogens is 1. The summed E-state index contributed by atoms with van der Waals surface area (Å²) in [6.45, 7) is -1.83.